The predicted molar refractivity (Wildman–Crippen MR) is 135 cm³/mol. The number of hydrogen-bond acceptors (Lipinski definition) is 5. The zero-order valence-corrected chi connectivity index (χ0v) is 19.4. The minimum Gasteiger partial charge on any atom is -0.494 e. The van der Waals surface area contributed by atoms with Gasteiger partial charge in [0.2, 0.25) is 5.91 Å². The largest absolute Gasteiger partial charge is 0.494 e. The number of fused-ring (bicyclic) bond motifs is 1. The summed E-state index contributed by atoms with van der Waals surface area (Å²) in [6.45, 7) is 2.60. The molecule has 0 saturated carbocycles. The van der Waals surface area contributed by atoms with Gasteiger partial charge in [0.05, 0.1) is 24.4 Å². The van der Waals surface area contributed by atoms with Gasteiger partial charge in [-0.25, -0.2) is 4.98 Å². The van der Waals surface area contributed by atoms with Crippen molar-refractivity contribution < 1.29 is 14.3 Å². The van der Waals surface area contributed by atoms with E-state index in [1.165, 1.54) is 11.3 Å². The molecule has 3 aromatic carbocycles. The SMILES string of the molecule is CCOc1ccc(-c2cn3c(CC(=O)Nc4ccccc4Oc4ccccc4)csc3n2)cc1. The van der Waals surface area contributed by atoms with Crippen LogP contribution in [-0.2, 0) is 11.2 Å². The van der Waals surface area contributed by atoms with Crippen LogP contribution in [0, 0.1) is 0 Å². The average molecular weight is 470 g/mol. The van der Waals surface area contributed by atoms with Gasteiger partial charge < -0.3 is 14.8 Å². The fourth-order valence-electron chi connectivity index (χ4n) is 3.62. The van der Waals surface area contributed by atoms with Gasteiger partial charge in [-0.1, -0.05) is 30.3 Å². The van der Waals surface area contributed by atoms with Crippen LogP contribution in [0.4, 0.5) is 5.69 Å². The molecule has 0 bridgehead atoms. The first-order valence-electron chi connectivity index (χ1n) is 11.0. The van der Waals surface area contributed by atoms with Crippen molar-refractivity contribution in [1.29, 1.82) is 0 Å². The molecule has 0 unspecified atom stereocenters. The van der Waals surface area contributed by atoms with Crippen LogP contribution in [0.15, 0.2) is 90.4 Å². The third kappa shape index (κ3) is 4.79. The molecule has 0 spiro atoms. The number of nitrogens with one attached hydrogen (secondary N) is 1. The molecule has 2 heterocycles. The van der Waals surface area contributed by atoms with Crippen molar-refractivity contribution >= 4 is 27.9 Å². The zero-order chi connectivity index (χ0) is 23.3. The number of carbonyl (C=O) groups is 1. The fourth-order valence-corrected chi connectivity index (χ4v) is 4.49. The first kappa shape index (κ1) is 21.7. The summed E-state index contributed by atoms with van der Waals surface area (Å²) < 4.78 is 13.4. The number of ether oxygens (including phenoxy) is 2. The second-order valence-electron chi connectivity index (χ2n) is 7.60. The summed E-state index contributed by atoms with van der Waals surface area (Å²) in [5.41, 5.74) is 3.37. The van der Waals surface area contributed by atoms with Gasteiger partial charge in [0.25, 0.3) is 0 Å². The Balaban J connectivity index is 1.31. The number of carbonyl (C=O) groups excluding carboxylic acids is 1. The number of rotatable bonds is 8. The van der Waals surface area contributed by atoms with E-state index in [1.54, 1.807) is 0 Å². The summed E-state index contributed by atoms with van der Waals surface area (Å²) in [4.78, 5) is 18.5. The van der Waals surface area contributed by atoms with E-state index in [-0.39, 0.29) is 12.3 Å². The molecule has 0 atom stereocenters. The lowest BCUT2D eigenvalue weighted by molar-refractivity contribution is -0.115. The van der Waals surface area contributed by atoms with Crippen molar-refractivity contribution in [1.82, 2.24) is 9.38 Å². The molecule has 5 rings (SSSR count). The molecular formula is C27H23N3O3S. The Bertz CT molecular complexity index is 1410. The highest BCUT2D eigenvalue weighted by Gasteiger charge is 2.14. The van der Waals surface area contributed by atoms with Crippen molar-refractivity contribution in [3.05, 3.63) is 96.1 Å². The summed E-state index contributed by atoms with van der Waals surface area (Å²) >= 11 is 1.52. The first-order valence-corrected chi connectivity index (χ1v) is 11.9. The average Bonchev–Trinajstić information content (AvgIpc) is 3.44. The molecule has 170 valence electrons. The maximum Gasteiger partial charge on any atom is 0.230 e. The third-order valence-corrected chi connectivity index (χ3v) is 6.11. The summed E-state index contributed by atoms with van der Waals surface area (Å²) in [6.07, 6.45) is 2.19. The van der Waals surface area contributed by atoms with E-state index in [1.807, 2.05) is 102 Å². The van der Waals surface area contributed by atoms with Crippen LogP contribution in [0.3, 0.4) is 0 Å². The number of thiazole rings is 1. The molecule has 2 aromatic heterocycles. The molecular weight excluding hydrogens is 446 g/mol. The van der Waals surface area contributed by atoms with Crippen LogP contribution in [0.2, 0.25) is 0 Å². The van der Waals surface area contributed by atoms with Gasteiger partial charge in [-0.15, -0.1) is 11.3 Å². The highest BCUT2D eigenvalue weighted by Crippen LogP contribution is 2.30. The topological polar surface area (TPSA) is 64.9 Å². The third-order valence-electron chi connectivity index (χ3n) is 5.22. The van der Waals surface area contributed by atoms with Crippen molar-refractivity contribution in [2.75, 3.05) is 11.9 Å². The van der Waals surface area contributed by atoms with Crippen LogP contribution < -0.4 is 14.8 Å². The number of anilines is 1. The van der Waals surface area contributed by atoms with Crippen molar-refractivity contribution in [3.63, 3.8) is 0 Å². The lowest BCUT2D eigenvalue weighted by Crippen LogP contribution is -2.15. The second kappa shape index (κ2) is 9.80. The summed E-state index contributed by atoms with van der Waals surface area (Å²) in [6, 6.07) is 24.8. The normalized spacial score (nSPS) is 10.9. The number of imidazole rings is 1. The van der Waals surface area contributed by atoms with E-state index in [4.69, 9.17) is 14.5 Å². The molecule has 1 N–H and O–H groups in total. The minimum atomic E-state index is -0.125. The highest BCUT2D eigenvalue weighted by molar-refractivity contribution is 7.15. The Hall–Kier alpha value is -4.10. The quantitative estimate of drug-likeness (QED) is 0.284. The second-order valence-corrected chi connectivity index (χ2v) is 8.44. The Morgan fingerprint density at radius 1 is 0.971 bits per heavy atom. The van der Waals surface area contributed by atoms with Crippen molar-refractivity contribution in [2.24, 2.45) is 0 Å². The lowest BCUT2D eigenvalue weighted by atomic mass is 10.1. The molecule has 6 nitrogen and oxygen atoms in total. The van der Waals surface area contributed by atoms with Gasteiger partial charge in [-0.2, -0.15) is 0 Å². The Morgan fingerprint density at radius 2 is 1.74 bits per heavy atom. The van der Waals surface area contributed by atoms with Crippen LogP contribution in [0.25, 0.3) is 16.2 Å². The molecule has 0 saturated heterocycles. The van der Waals surface area contributed by atoms with E-state index >= 15 is 0 Å². The van der Waals surface area contributed by atoms with Gasteiger partial charge in [0, 0.05) is 22.8 Å². The number of benzene rings is 3. The Morgan fingerprint density at radius 3 is 2.53 bits per heavy atom. The van der Waals surface area contributed by atoms with E-state index < -0.39 is 0 Å². The number of amides is 1. The number of hydrogen-bond donors (Lipinski definition) is 1. The van der Waals surface area contributed by atoms with Gasteiger partial charge in [0.1, 0.15) is 11.5 Å². The molecule has 1 amide bonds. The summed E-state index contributed by atoms with van der Waals surface area (Å²) in [7, 11) is 0. The minimum absolute atomic E-state index is 0.125. The smallest absolute Gasteiger partial charge is 0.230 e. The standard InChI is InChI=1S/C27H23N3O3S/c1-2-32-21-14-12-19(13-15-21)24-17-30-20(18-34-27(30)29-24)16-26(31)28-23-10-6-7-11-25(23)33-22-8-4-3-5-9-22/h3-15,17-18H,2,16H2,1H3,(H,28,31). The highest BCUT2D eigenvalue weighted by atomic mass is 32.1. The van der Waals surface area contributed by atoms with Gasteiger partial charge in [-0.05, 0) is 55.5 Å². The van der Waals surface area contributed by atoms with Crippen molar-refractivity contribution in [2.45, 2.75) is 13.3 Å². The van der Waals surface area contributed by atoms with Crippen LogP contribution >= 0.6 is 11.3 Å². The molecule has 5 aromatic rings. The Kier molecular flexibility index (Phi) is 6.27. The molecule has 0 aliphatic heterocycles. The molecule has 0 aliphatic carbocycles. The summed E-state index contributed by atoms with van der Waals surface area (Å²) in [5, 5.41) is 4.95. The Labute approximate surface area is 201 Å². The van der Waals surface area contributed by atoms with E-state index in [2.05, 4.69) is 5.32 Å². The predicted octanol–water partition coefficient (Wildman–Crippen LogP) is 6.44. The van der Waals surface area contributed by atoms with Gasteiger partial charge in [-0.3, -0.25) is 9.20 Å². The maximum atomic E-state index is 12.9. The number of para-hydroxylation sites is 3. The maximum absolute atomic E-state index is 12.9. The summed E-state index contributed by atoms with van der Waals surface area (Å²) in [5.74, 6) is 2.02. The lowest BCUT2D eigenvalue weighted by Gasteiger charge is -2.12. The molecule has 0 aliphatic rings. The van der Waals surface area contributed by atoms with Gasteiger partial charge >= 0.3 is 0 Å². The number of aromatic nitrogens is 2. The first-order chi connectivity index (χ1) is 16.7. The van der Waals surface area contributed by atoms with Gasteiger partial charge in [0.15, 0.2) is 10.7 Å². The molecule has 7 heteroatoms. The fraction of sp³-hybridized carbons (Fsp3) is 0.111. The zero-order valence-electron chi connectivity index (χ0n) is 18.6. The van der Waals surface area contributed by atoms with E-state index in [0.717, 1.165) is 27.7 Å². The van der Waals surface area contributed by atoms with E-state index in [0.29, 0.717) is 23.8 Å². The van der Waals surface area contributed by atoms with Crippen LogP contribution in [-0.4, -0.2) is 21.9 Å². The monoisotopic (exact) mass is 469 g/mol. The molecule has 34 heavy (non-hydrogen) atoms. The van der Waals surface area contributed by atoms with Crippen LogP contribution in [0.5, 0.6) is 17.2 Å². The molecule has 0 radical (unpaired) electrons. The number of nitrogens with zero attached hydrogens (tertiary/aromatic N) is 2. The van der Waals surface area contributed by atoms with Crippen LogP contribution in [0.1, 0.15) is 12.6 Å². The van der Waals surface area contributed by atoms with Crippen molar-refractivity contribution in [3.8, 4) is 28.5 Å². The molecule has 0 fully saturated rings. The van der Waals surface area contributed by atoms with E-state index in [9.17, 15) is 4.79 Å².